The molecule has 0 bridgehead atoms. The molecule has 2 nitrogen and oxygen atoms in total. The van der Waals surface area contributed by atoms with Crippen LogP contribution in [0.15, 0.2) is 35.9 Å². The molecule has 0 aromatic carbocycles. The van der Waals surface area contributed by atoms with Crippen molar-refractivity contribution in [2.75, 3.05) is 14.1 Å². The van der Waals surface area contributed by atoms with Crippen molar-refractivity contribution >= 4 is 0 Å². The second kappa shape index (κ2) is 3.05. The van der Waals surface area contributed by atoms with Crippen LogP contribution in [-0.4, -0.2) is 23.9 Å². The largest absolute Gasteiger partial charge is 0.333 e. The van der Waals surface area contributed by atoms with Gasteiger partial charge >= 0.3 is 0 Å². The molecule has 0 N–H and O–H groups in total. The van der Waals surface area contributed by atoms with Crippen molar-refractivity contribution in [1.82, 2.24) is 9.80 Å². The monoisotopic (exact) mass is 164 g/mol. The molecule has 1 aliphatic heterocycles. The van der Waals surface area contributed by atoms with Gasteiger partial charge in [-0.3, -0.25) is 0 Å². The summed E-state index contributed by atoms with van der Waals surface area (Å²) >= 11 is 0. The van der Waals surface area contributed by atoms with Crippen LogP contribution in [0.3, 0.4) is 0 Å². The zero-order valence-corrected chi connectivity index (χ0v) is 8.26. The second-order valence-corrected chi connectivity index (χ2v) is 3.00. The third-order valence-electron chi connectivity index (χ3n) is 2.33. The number of rotatable bonds is 1. The fourth-order valence-corrected chi connectivity index (χ4v) is 1.36. The molecule has 0 aromatic heterocycles. The van der Waals surface area contributed by atoms with E-state index in [0.717, 1.165) is 5.82 Å². The van der Waals surface area contributed by atoms with Crippen LogP contribution >= 0.6 is 0 Å². The number of allylic oxidation sites excluding steroid dienone is 3. The predicted molar refractivity (Wildman–Crippen MR) is 52.2 cm³/mol. The summed E-state index contributed by atoms with van der Waals surface area (Å²) in [6, 6.07) is 0. The molecule has 0 saturated heterocycles. The van der Waals surface area contributed by atoms with Gasteiger partial charge in [0, 0.05) is 19.8 Å². The summed E-state index contributed by atoms with van der Waals surface area (Å²) in [6.45, 7) is 8.10. The first-order chi connectivity index (χ1) is 5.59. The maximum Gasteiger partial charge on any atom is 0.105 e. The van der Waals surface area contributed by atoms with Gasteiger partial charge in [-0.15, -0.1) is 0 Å². The van der Waals surface area contributed by atoms with Gasteiger partial charge in [0.2, 0.25) is 0 Å². The molecule has 1 aliphatic rings. The molecule has 0 spiro atoms. The van der Waals surface area contributed by atoms with Crippen LogP contribution in [0, 0.1) is 0 Å². The molecule has 66 valence electrons. The highest BCUT2D eigenvalue weighted by molar-refractivity contribution is 5.32. The average Bonchev–Trinajstić information content (AvgIpc) is 2.23. The van der Waals surface area contributed by atoms with E-state index in [-0.39, 0.29) is 0 Å². The predicted octanol–water partition coefficient (Wildman–Crippen LogP) is 2.14. The lowest BCUT2D eigenvalue weighted by atomic mass is 10.3. The van der Waals surface area contributed by atoms with Gasteiger partial charge in [0.05, 0.1) is 5.70 Å². The lowest BCUT2D eigenvalue weighted by Crippen LogP contribution is -2.17. The van der Waals surface area contributed by atoms with Gasteiger partial charge in [-0.1, -0.05) is 12.7 Å². The molecule has 0 aromatic rings. The maximum absolute atomic E-state index is 3.98. The van der Waals surface area contributed by atoms with E-state index in [4.69, 9.17) is 0 Å². The summed E-state index contributed by atoms with van der Waals surface area (Å²) < 4.78 is 0. The van der Waals surface area contributed by atoms with Crippen molar-refractivity contribution in [2.24, 2.45) is 0 Å². The van der Waals surface area contributed by atoms with Crippen molar-refractivity contribution in [3.8, 4) is 0 Å². The molecule has 1 heterocycles. The van der Waals surface area contributed by atoms with Gasteiger partial charge in [0.15, 0.2) is 0 Å². The van der Waals surface area contributed by atoms with Crippen molar-refractivity contribution in [3.05, 3.63) is 35.9 Å². The van der Waals surface area contributed by atoms with Crippen molar-refractivity contribution in [2.45, 2.75) is 13.8 Å². The molecule has 0 aliphatic carbocycles. The summed E-state index contributed by atoms with van der Waals surface area (Å²) in [6.07, 6.45) is 4.14. The number of hydrogen-bond donors (Lipinski definition) is 0. The van der Waals surface area contributed by atoms with Crippen LogP contribution in [0.4, 0.5) is 0 Å². The molecule has 0 saturated carbocycles. The van der Waals surface area contributed by atoms with E-state index in [2.05, 4.69) is 29.4 Å². The van der Waals surface area contributed by atoms with Gasteiger partial charge in [0.25, 0.3) is 0 Å². The highest BCUT2D eigenvalue weighted by Gasteiger charge is 2.22. The van der Waals surface area contributed by atoms with Crippen molar-refractivity contribution in [1.29, 1.82) is 0 Å². The zero-order chi connectivity index (χ0) is 9.30. The Morgan fingerprint density at radius 1 is 1.25 bits per heavy atom. The van der Waals surface area contributed by atoms with E-state index in [0.29, 0.717) is 0 Å². The number of hydrogen-bond acceptors (Lipinski definition) is 2. The standard InChI is InChI=1S/C10H16N2/c1-6-7-10-8(2)11(4)9(3)12(10)5/h6-7H,3H2,1-2,4-5H3/b7-6-. The van der Waals surface area contributed by atoms with Crippen LogP contribution in [0.25, 0.3) is 0 Å². The third-order valence-corrected chi connectivity index (χ3v) is 2.33. The van der Waals surface area contributed by atoms with E-state index < -0.39 is 0 Å². The highest BCUT2D eigenvalue weighted by Crippen LogP contribution is 2.28. The fraction of sp³-hybridized carbons (Fsp3) is 0.400. The summed E-state index contributed by atoms with van der Waals surface area (Å²) in [7, 11) is 4.06. The van der Waals surface area contributed by atoms with Crippen molar-refractivity contribution < 1.29 is 0 Å². The number of likely N-dealkylation sites (N-methyl/N-ethyl adjacent to an activating group) is 1. The van der Waals surface area contributed by atoms with E-state index in [1.165, 1.54) is 11.4 Å². The third kappa shape index (κ3) is 1.13. The van der Waals surface area contributed by atoms with Crippen LogP contribution < -0.4 is 0 Å². The van der Waals surface area contributed by atoms with Crippen molar-refractivity contribution in [3.63, 3.8) is 0 Å². The Morgan fingerprint density at radius 2 is 1.83 bits per heavy atom. The Morgan fingerprint density at radius 3 is 2.17 bits per heavy atom. The van der Waals surface area contributed by atoms with Crippen LogP contribution in [0.5, 0.6) is 0 Å². The lowest BCUT2D eigenvalue weighted by Gasteiger charge is -2.18. The summed E-state index contributed by atoms with van der Waals surface area (Å²) in [5.41, 5.74) is 2.48. The highest BCUT2D eigenvalue weighted by atomic mass is 15.4. The Balaban J connectivity index is 3.04. The smallest absolute Gasteiger partial charge is 0.105 e. The zero-order valence-electron chi connectivity index (χ0n) is 8.26. The molecule has 0 amide bonds. The van der Waals surface area contributed by atoms with E-state index >= 15 is 0 Å². The minimum Gasteiger partial charge on any atom is -0.333 e. The molecule has 0 radical (unpaired) electrons. The first-order valence-electron chi connectivity index (χ1n) is 4.09. The summed E-state index contributed by atoms with van der Waals surface area (Å²) in [4.78, 5) is 4.19. The topological polar surface area (TPSA) is 6.48 Å². The average molecular weight is 164 g/mol. The first-order valence-corrected chi connectivity index (χ1v) is 4.09. The summed E-state index contributed by atoms with van der Waals surface area (Å²) in [5, 5.41) is 0. The van der Waals surface area contributed by atoms with Gasteiger partial charge < -0.3 is 9.80 Å². The fourth-order valence-electron chi connectivity index (χ4n) is 1.36. The Bertz CT molecular complexity index is 261. The van der Waals surface area contributed by atoms with Gasteiger partial charge in [-0.05, 0) is 19.9 Å². The molecule has 12 heavy (non-hydrogen) atoms. The van der Waals surface area contributed by atoms with Crippen LogP contribution in [0.1, 0.15) is 13.8 Å². The molecule has 0 fully saturated rings. The SMILES string of the molecule is C=C1N(C)C(C)=C(/C=C\C)N1C. The maximum atomic E-state index is 3.98. The summed E-state index contributed by atoms with van der Waals surface area (Å²) in [5.74, 6) is 1.03. The normalized spacial score (nSPS) is 18.8. The van der Waals surface area contributed by atoms with Crippen LogP contribution in [0.2, 0.25) is 0 Å². The molecular weight excluding hydrogens is 148 g/mol. The Hall–Kier alpha value is -1.18. The van der Waals surface area contributed by atoms with E-state index in [1.807, 2.05) is 27.1 Å². The molecule has 0 atom stereocenters. The van der Waals surface area contributed by atoms with E-state index in [9.17, 15) is 0 Å². The van der Waals surface area contributed by atoms with E-state index in [1.54, 1.807) is 0 Å². The minimum absolute atomic E-state index is 1.03. The van der Waals surface area contributed by atoms with Gasteiger partial charge in [-0.2, -0.15) is 0 Å². The Kier molecular flexibility index (Phi) is 2.27. The molecule has 0 unspecified atom stereocenters. The van der Waals surface area contributed by atoms with Crippen LogP contribution in [-0.2, 0) is 0 Å². The minimum atomic E-state index is 1.03. The molecule has 1 rings (SSSR count). The quantitative estimate of drug-likeness (QED) is 0.586. The Labute approximate surface area is 74.5 Å². The number of nitrogens with zero attached hydrogens (tertiary/aromatic N) is 2. The molecular formula is C10H16N2. The lowest BCUT2D eigenvalue weighted by molar-refractivity contribution is 0.429. The van der Waals surface area contributed by atoms with Gasteiger partial charge in [-0.25, -0.2) is 0 Å². The molecule has 2 heteroatoms. The van der Waals surface area contributed by atoms with Gasteiger partial charge in [0.1, 0.15) is 5.82 Å². The first kappa shape index (κ1) is 8.91. The second-order valence-electron chi connectivity index (χ2n) is 3.00.